The molecule has 2 N–H and O–H groups in total. The van der Waals surface area contributed by atoms with Crippen molar-refractivity contribution in [1.82, 2.24) is 29.5 Å². The molecule has 1 aliphatic heterocycles. The summed E-state index contributed by atoms with van der Waals surface area (Å²) in [6.45, 7) is -0.222. The number of fused-ring (bicyclic) bond motifs is 1. The largest absolute Gasteiger partial charge is 0.390 e. The molecule has 0 unspecified atom stereocenters. The maximum absolute atomic E-state index is 14.4. The molecular formula is C20H17F2N7O2. The lowest BCUT2D eigenvalue weighted by Crippen LogP contribution is -2.29. The van der Waals surface area contributed by atoms with Gasteiger partial charge in [-0.2, -0.15) is 0 Å². The minimum absolute atomic E-state index is 0.0135. The molecule has 5 heterocycles. The van der Waals surface area contributed by atoms with Crippen LogP contribution in [-0.4, -0.2) is 47.4 Å². The van der Waals surface area contributed by atoms with Crippen LogP contribution >= 0.6 is 0 Å². The minimum Gasteiger partial charge on any atom is -0.390 e. The Morgan fingerprint density at radius 3 is 2.97 bits per heavy atom. The lowest BCUT2D eigenvalue weighted by Gasteiger charge is -2.25. The van der Waals surface area contributed by atoms with Crippen molar-refractivity contribution in [2.75, 3.05) is 11.4 Å². The highest BCUT2D eigenvalue weighted by Crippen LogP contribution is 2.35. The fourth-order valence-electron chi connectivity index (χ4n) is 3.83. The van der Waals surface area contributed by atoms with E-state index in [4.69, 9.17) is 0 Å². The molecule has 2 atom stereocenters. The number of hydrogen-bond donors (Lipinski definition) is 2. The molecule has 31 heavy (non-hydrogen) atoms. The van der Waals surface area contributed by atoms with Gasteiger partial charge in [0.25, 0.3) is 5.56 Å². The fraction of sp³-hybridized carbons (Fsp3) is 0.250. The van der Waals surface area contributed by atoms with Crippen molar-refractivity contribution >= 4 is 11.5 Å². The van der Waals surface area contributed by atoms with Gasteiger partial charge in [-0.05, 0) is 24.3 Å². The Morgan fingerprint density at radius 2 is 2.13 bits per heavy atom. The molecule has 0 radical (unpaired) electrons. The Kier molecular flexibility index (Phi) is 4.66. The molecule has 0 saturated carbocycles. The number of alkyl halides is 1. The molecule has 1 aliphatic rings. The van der Waals surface area contributed by atoms with Gasteiger partial charge in [-0.3, -0.25) is 4.79 Å². The van der Waals surface area contributed by atoms with Crippen molar-refractivity contribution in [2.24, 2.45) is 0 Å². The molecule has 4 aromatic rings. The van der Waals surface area contributed by atoms with Crippen molar-refractivity contribution < 1.29 is 13.9 Å². The lowest BCUT2D eigenvalue weighted by atomic mass is 10.1. The van der Waals surface area contributed by atoms with Crippen LogP contribution < -0.4 is 10.5 Å². The number of hydrogen-bond acceptors (Lipinski definition) is 7. The van der Waals surface area contributed by atoms with Gasteiger partial charge in [-0.15, -0.1) is 5.10 Å². The van der Waals surface area contributed by atoms with Crippen LogP contribution in [0.2, 0.25) is 0 Å². The summed E-state index contributed by atoms with van der Waals surface area (Å²) in [7, 11) is 0. The van der Waals surface area contributed by atoms with Crippen molar-refractivity contribution in [1.29, 1.82) is 0 Å². The summed E-state index contributed by atoms with van der Waals surface area (Å²) in [6, 6.07) is 5.44. The maximum Gasteiger partial charge on any atom is 0.253 e. The number of aliphatic hydroxyl groups is 1. The highest BCUT2D eigenvalue weighted by Gasteiger charge is 2.36. The van der Waals surface area contributed by atoms with Crippen LogP contribution in [0.3, 0.4) is 0 Å². The van der Waals surface area contributed by atoms with E-state index >= 15 is 0 Å². The second kappa shape index (κ2) is 7.51. The second-order valence-electron chi connectivity index (χ2n) is 7.24. The first-order valence-electron chi connectivity index (χ1n) is 9.60. The first-order valence-corrected chi connectivity index (χ1v) is 9.60. The molecular weight excluding hydrogens is 408 g/mol. The predicted octanol–water partition coefficient (Wildman–Crippen LogP) is 1.80. The monoisotopic (exact) mass is 425 g/mol. The smallest absolute Gasteiger partial charge is 0.253 e. The number of aliphatic hydroxyl groups excluding tert-OH is 1. The summed E-state index contributed by atoms with van der Waals surface area (Å²) in [5.74, 6) is 0.128. The Balaban J connectivity index is 1.59. The number of pyridine rings is 1. The Hall–Kier alpha value is -3.73. The van der Waals surface area contributed by atoms with E-state index in [1.165, 1.54) is 10.7 Å². The number of aromatic nitrogens is 6. The van der Waals surface area contributed by atoms with Gasteiger partial charge in [0.2, 0.25) is 0 Å². The third-order valence-corrected chi connectivity index (χ3v) is 5.25. The zero-order valence-electron chi connectivity index (χ0n) is 16.1. The van der Waals surface area contributed by atoms with Crippen molar-refractivity contribution in [3.8, 4) is 11.5 Å². The molecule has 5 rings (SSSR count). The quantitative estimate of drug-likeness (QED) is 0.513. The molecule has 0 aliphatic carbocycles. The van der Waals surface area contributed by atoms with E-state index in [9.17, 15) is 18.7 Å². The van der Waals surface area contributed by atoms with Crippen molar-refractivity contribution in [3.05, 3.63) is 70.3 Å². The van der Waals surface area contributed by atoms with Gasteiger partial charge >= 0.3 is 0 Å². The van der Waals surface area contributed by atoms with Gasteiger partial charge in [0.05, 0.1) is 31.1 Å². The van der Waals surface area contributed by atoms with Crippen LogP contribution in [0.4, 0.5) is 14.6 Å². The van der Waals surface area contributed by atoms with Crippen molar-refractivity contribution in [2.45, 2.75) is 25.2 Å². The highest BCUT2D eigenvalue weighted by atomic mass is 19.1. The van der Waals surface area contributed by atoms with E-state index in [0.717, 1.165) is 12.3 Å². The Labute approximate surface area is 174 Å². The molecule has 11 heteroatoms. The van der Waals surface area contributed by atoms with Gasteiger partial charge in [0.15, 0.2) is 11.5 Å². The molecule has 0 bridgehead atoms. The van der Waals surface area contributed by atoms with Gasteiger partial charge in [-0.1, -0.05) is 0 Å². The second-order valence-corrected chi connectivity index (χ2v) is 7.24. The number of imidazole rings is 1. The molecule has 0 amide bonds. The van der Waals surface area contributed by atoms with Crippen LogP contribution in [0.1, 0.15) is 23.7 Å². The van der Waals surface area contributed by atoms with Gasteiger partial charge in [-0.25, -0.2) is 28.2 Å². The number of nitrogens with one attached hydrogen (secondary N) is 1. The molecule has 0 aromatic carbocycles. The molecule has 0 spiro atoms. The number of anilines is 1. The minimum atomic E-state index is -1.20. The summed E-state index contributed by atoms with van der Waals surface area (Å²) in [5.41, 5.74) is 1.13. The summed E-state index contributed by atoms with van der Waals surface area (Å²) in [5, 5.41) is 13.9. The number of halogens is 2. The number of nitrogens with zero attached hydrogens (tertiary/aromatic N) is 6. The Bertz CT molecular complexity index is 1320. The first-order chi connectivity index (χ1) is 15.0. The highest BCUT2D eigenvalue weighted by molar-refractivity contribution is 5.58. The topological polar surface area (TPSA) is 112 Å². The predicted molar refractivity (Wildman–Crippen MR) is 107 cm³/mol. The van der Waals surface area contributed by atoms with Crippen LogP contribution in [0.15, 0.2) is 47.7 Å². The summed E-state index contributed by atoms with van der Waals surface area (Å²) >= 11 is 0. The standard InChI is InChI=1S/C20H17F2N7O2/c21-11-5-14(20(31)25-7-11)15-6-12(22)9-28(15)18-2-1-17-24-8-16(29(17)27-18)19-23-4-3-13(10-30)26-19/h1-5,7-8,12,15,30H,6,9-10H2,(H,25,31)/t12-,15+/m0/s1. The van der Waals surface area contributed by atoms with Gasteiger partial charge in [0.1, 0.15) is 23.5 Å². The SMILES string of the molecule is O=c1[nH]cc(F)cc1[C@H]1C[C@H](F)CN1c1ccc2ncc(-c3nccc(CO)n3)n2n1. The van der Waals surface area contributed by atoms with E-state index in [0.29, 0.717) is 28.7 Å². The molecule has 4 aromatic heterocycles. The third kappa shape index (κ3) is 3.42. The van der Waals surface area contributed by atoms with Crippen LogP contribution in [0.25, 0.3) is 17.2 Å². The van der Waals surface area contributed by atoms with Gasteiger partial charge < -0.3 is 15.0 Å². The summed E-state index contributed by atoms with van der Waals surface area (Å²) in [4.78, 5) is 29.1. The average Bonchev–Trinajstić information content (AvgIpc) is 3.38. The van der Waals surface area contributed by atoms with E-state index in [-0.39, 0.29) is 25.1 Å². The molecule has 1 saturated heterocycles. The van der Waals surface area contributed by atoms with E-state index in [2.05, 4.69) is 25.0 Å². The van der Waals surface area contributed by atoms with Gasteiger partial charge in [0, 0.05) is 24.4 Å². The third-order valence-electron chi connectivity index (χ3n) is 5.25. The summed E-state index contributed by atoms with van der Waals surface area (Å²) < 4.78 is 29.6. The lowest BCUT2D eigenvalue weighted by molar-refractivity contribution is 0.277. The van der Waals surface area contributed by atoms with Crippen LogP contribution in [0, 0.1) is 5.82 Å². The molecule has 1 fully saturated rings. The zero-order valence-corrected chi connectivity index (χ0v) is 16.1. The van der Waals surface area contributed by atoms with Crippen molar-refractivity contribution in [3.63, 3.8) is 0 Å². The number of aromatic amines is 1. The number of H-pyrrole nitrogens is 1. The normalized spacial score (nSPS) is 18.7. The van der Waals surface area contributed by atoms with E-state index < -0.39 is 23.6 Å². The Morgan fingerprint density at radius 1 is 1.26 bits per heavy atom. The van der Waals surface area contributed by atoms with Crippen LogP contribution in [0.5, 0.6) is 0 Å². The molecule has 158 valence electrons. The summed E-state index contributed by atoms with van der Waals surface area (Å²) in [6.07, 6.45) is 2.90. The van der Waals surface area contributed by atoms with E-state index in [1.807, 2.05) is 0 Å². The van der Waals surface area contributed by atoms with Crippen LogP contribution in [-0.2, 0) is 6.61 Å². The average molecular weight is 425 g/mol. The van der Waals surface area contributed by atoms with E-state index in [1.54, 1.807) is 29.3 Å². The fourth-order valence-corrected chi connectivity index (χ4v) is 3.83. The molecule has 9 nitrogen and oxygen atoms in total. The first kappa shape index (κ1) is 19.2. The maximum atomic E-state index is 14.4. The number of rotatable bonds is 4. The zero-order chi connectivity index (χ0) is 21.5.